The zero-order chi connectivity index (χ0) is 21.5. The van der Waals surface area contributed by atoms with E-state index in [1.165, 1.54) is 0 Å². The number of carbonyl (C=O) groups excluding carboxylic acids is 1. The quantitative estimate of drug-likeness (QED) is 0.618. The summed E-state index contributed by atoms with van der Waals surface area (Å²) < 4.78 is 4.02. The van der Waals surface area contributed by atoms with Crippen molar-refractivity contribution in [1.29, 1.82) is 0 Å². The molecule has 0 spiro atoms. The third-order valence-electron chi connectivity index (χ3n) is 5.39. The first-order valence-electron chi connectivity index (χ1n) is 10.7. The second-order valence-corrected chi connectivity index (χ2v) is 9.53. The van der Waals surface area contributed by atoms with Crippen molar-refractivity contribution >= 4 is 11.6 Å². The fourth-order valence-electron chi connectivity index (χ4n) is 3.75. The molecule has 1 saturated carbocycles. The number of anilines is 1. The number of carbonyl (C=O) groups is 1. The maximum Gasteiger partial charge on any atom is 0.273 e. The van der Waals surface area contributed by atoms with Crippen LogP contribution < -0.4 is 5.32 Å². The number of imidazole rings is 1. The van der Waals surface area contributed by atoms with Crippen molar-refractivity contribution < 1.29 is 4.79 Å². The molecule has 0 unspecified atom stereocenters. The lowest BCUT2D eigenvalue weighted by atomic mass is 10.1. The number of amides is 1. The molecular weight excluding hydrogens is 374 g/mol. The summed E-state index contributed by atoms with van der Waals surface area (Å²) in [4.78, 5) is 17.6. The van der Waals surface area contributed by atoms with Gasteiger partial charge in [0.15, 0.2) is 0 Å². The van der Waals surface area contributed by atoms with E-state index in [1.807, 2.05) is 41.3 Å². The Bertz CT molecular complexity index is 1050. The number of nitrogens with zero attached hydrogens (tertiary/aromatic N) is 4. The van der Waals surface area contributed by atoms with Gasteiger partial charge in [0.05, 0.1) is 11.2 Å². The van der Waals surface area contributed by atoms with Gasteiger partial charge in [-0.3, -0.25) is 9.48 Å². The van der Waals surface area contributed by atoms with E-state index < -0.39 is 0 Å². The van der Waals surface area contributed by atoms with E-state index in [2.05, 4.69) is 55.6 Å². The third kappa shape index (κ3) is 4.32. The maximum absolute atomic E-state index is 13.1. The van der Waals surface area contributed by atoms with Crippen LogP contribution in [-0.2, 0) is 12.1 Å². The van der Waals surface area contributed by atoms with Crippen molar-refractivity contribution in [2.75, 3.05) is 5.32 Å². The fraction of sp³-hybridized carbons (Fsp3) is 0.458. The van der Waals surface area contributed by atoms with E-state index in [0.29, 0.717) is 17.5 Å². The van der Waals surface area contributed by atoms with Crippen molar-refractivity contribution in [3.8, 4) is 0 Å². The summed E-state index contributed by atoms with van der Waals surface area (Å²) in [6.45, 7) is 11.2. The van der Waals surface area contributed by atoms with E-state index in [9.17, 15) is 4.79 Å². The highest BCUT2D eigenvalue weighted by Crippen LogP contribution is 2.40. The Hall–Kier alpha value is -2.89. The van der Waals surface area contributed by atoms with Crippen LogP contribution in [0.25, 0.3) is 0 Å². The number of hydrogen-bond donors (Lipinski definition) is 1. The van der Waals surface area contributed by atoms with Crippen LogP contribution in [0.1, 0.15) is 86.9 Å². The van der Waals surface area contributed by atoms with E-state index in [1.54, 1.807) is 0 Å². The van der Waals surface area contributed by atoms with Crippen LogP contribution in [0.5, 0.6) is 0 Å². The highest BCUT2D eigenvalue weighted by molar-refractivity contribution is 6.03. The molecule has 0 bridgehead atoms. The number of hydrogen-bond acceptors (Lipinski definition) is 3. The van der Waals surface area contributed by atoms with Gasteiger partial charge in [-0.2, -0.15) is 5.10 Å². The molecule has 6 heteroatoms. The van der Waals surface area contributed by atoms with Gasteiger partial charge in [0.25, 0.3) is 5.91 Å². The molecule has 4 rings (SSSR count). The monoisotopic (exact) mass is 405 g/mol. The lowest BCUT2D eigenvalue weighted by Gasteiger charge is -2.22. The average molecular weight is 406 g/mol. The molecule has 2 aromatic heterocycles. The van der Waals surface area contributed by atoms with Gasteiger partial charge in [0.2, 0.25) is 0 Å². The fourth-order valence-corrected chi connectivity index (χ4v) is 3.75. The lowest BCUT2D eigenvalue weighted by Crippen LogP contribution is -2.29. The summed E-state index contributed by atoms with van der Waals surface area (Å²) in [5.74, 6) is 1.81. The van der Waals surface area contributed by atoms with Gasteiger partial charge in [0.1, 0.15) is 11.5 Å². The van der Waals surface area contributed by atoms with Crippen molar-refractivity contribution in [3.05, 3.63) is 65.5 Å². The molecule has 0 radical (unpaired) electrons. The Morgan fingerprint density at radius 1 is 1.23 bits per heavy atom. The predicted molar refractivity (Wildman–Crippen MR) is 119 cm³/mol. The van der Waals surface area contributed by atoms with Crippen molar-refractivity contribution in [2.45, 2.75) is 71.4 Å². The molecule has 1 aliphatic carbocycles. The maximum atomic E-state index is 13.1. The minimum Gasteiger partial charge on any atom is -0.330 e. The molecule has 0 saturated heterocycles. The summed E-state index contributed by atoms with van der Waals surface area (Å²) in [6.07, 6.45) is 6.17. The summed E-state index contributed by atoms with van der Waals surface area (Å²) >= 11 is 0. The Kier molecular flexibility index (Phi) is 5.26. The van der Waals surface area contributed by atoms with Gasteiger partial charge >= 0.3 is 0 Å². The van der Waals surface area contributed by atoms with Gasteiger partial charge in [-0.1, -0.05) is 26.0 Å². The van der Waals surface area contributed by atoms with Crippen molar-refractivity contribution in [2.24, 2.45) is 0 Å². The SMILES string of the molecule is CC(C)c1nccn1Cc1cccc(NC(=O)c2cc(C3CC3)nn2C(C)(C)C)c1. The zero-order valence-electron chi connectivity index (χ0n) is 18.5. The number of nitrogens with one attached hydrogen (secondary N) is 1. The molecule has 1 aliphatic rings. The second-order valence-electron chi connectivity index (χ2n) is 9.53. The molecular formula is C24H31N5O. The van der Waals surface area contributed by atoms with E-state index >= 15 is 0 Å². The van der Waals surface area contributed by atoms with Crippen molar-refractivity contribution in [3.63, 3.8) is 0 Å². The molecule has 1 aromatic carbocycles. The van der Waals surface area contributed by atoms with Crippen LogP contribution in [0, 0.1) is 0 Å². The predicted octanol–water partition coefficient (Wildman–Crippen LogP) is 5.14. The van der Waals surface area contributed by atoms with Crippen LogP contribution in [0.4, 0.5) is 5.69 Å². The summed E-state index contributed by atoms with van der Waals surface area (Å²) in [5.41, 5.74) is 3.31. The Labute approximate surface area is 178 Å². The molecule has 0 aliphatic heterocycles. The van der Waals surface area contributed by atoms with Gasteiger partial charge in [-0.25, -0.2) is 4.98 Å². The molecule has 6 nitrogen and oxygen atoms in total. The Balaban J connectivity index is 1.54. The topological polar surface area (TPSA) is 64.7 Å². The second kappa shape index (κ2) is 7.74. The number of benzene rings is 1. The van der Waals surface area contributed by atoms with Crippen LogP contribution >= 0.6 is 0 Å². The van der Waals surface area contributed by atoms with Crippen LogP contribution in [0.3, 0.4) is 0 Å². The molecule has 1 fully saturated rings. The standard InChI is InChI=1S/C24H31N5O/c1-16(2)22-25-11-12-28(22)15-17-7-6-8-19(13-17)26-23(30)21-14-20(18-9-10-18)27-29(21)24(3,4)5/h6-8,11-14,16,18H,9-10,15H2,1-5H3,(H,26,30). The molecule has 3 aromatic rings. The molecule has 158 valence electrons. The average Bonchev–Trinajstić information content (AvgIpc) is 3.23. The summed E-state index contributed by atoms with van der Waals surface area (Å²) in [5, 5.41) is 7.82. The van der Waals surface area contributed by atoms with E-state index in [0.717, 1.165) is 42.2 Å². The molecule has 1 amide bonds. The highest BCUT2D eigenvalue weighted by atomic mass is 16.2. The first-order chi connectivity index (χ1) is 14.2. The van der Waals surface area contributed by atoms with E-state index in [4.69, 9.17) is 5.10 Å². The van der Waals surface area contributed by atoms with Crippen molar-refractivity contribution in [1.82, 2.24) is 19.3 Å². The van der Waals surface area contributed by atoms with Gasteiger partial charge < -0.3 is 9.88 Å². The van der Waals surface area contributed by atoms with Gasteiger partial charge in [-0.15, -0.1) is 0 Å². The van der Waals surface area contributed by atoms with Crippen LogP contribution in [0.2, 0.25) is 0 Å². The smallest absolute Gasteiger partial charge is 0.273 e. The number of aromatic nitrogens is 4. The largest absolute Gasteiger partial charge is 0.330 e. The van der Waals surface area contributed by atoms with E-state index in [-0.39, 0.29) is 11.4 Å². The summed E-state index contributed by atoms with van der Waals surface area (Å²) in [7, 11) is 0. The first kappa shape index (κ1) is 20.4. The highest BCUT2D eigenvalue weighted by Gasteiger charge is 2.31. The molecule has 1 N–H and O–H groups in total. The third-order valence-corrected chi connectivity index (χ3v) is 5.39. The van der Waals surface area contributed by atoms with Gasteiger partial charge in [-0.05, 0) is 57.4 Å². The Morgan fingerprint density at radius 3 is 2.67 bits per heavy atom. The minimum absolute atomic E-state index is 0.119. The van der Waals surface area contributed by atoms with Crippen LogP contribution in [0.15, 0.2) is 42.7 Å². The molecule has 2 heterocycles. The van der Waals surface area contributed by atoms with Gasteiger partial charge in [0, 0.05) is 36.5 Å². The summed E-state index contributed by atoms with van der Waals surface area (Å²) in [6, 6.07) is 9.97. The lowest BCUT2D eigenvalue weighted by molar-refractivity contribution is 0.100. The Morgan fingerprint density at radius 2 is 2.00 bits per heavy atom. The number of rotatable bonds is 6. The minimum atomic E-state index is -0.254. The molecule has 30 heavy (non-hydrogen) atoms. The zero-order valence-corrected chi connectivity index (χ0v) is 18.5. The first-order valence-corrected chi connectivity index (χ1v) is 10.7. The normalized spacial score (nSPS) is 14.3. The van der Waals surface area contributed by atoms with Crippen LogP contribution in [-0.4, -0.2) is 25.2 Å². The molecule has 0 atom stereocenters.